The number of aryl methyl sites for hydroxylation is 1. The van der Waals surface area contributed by atoms with E-state index in [2.05, 4.69) is 9.97 Å². The Bertz CT molecular complexity index is 1060. The average Bonchev–Trinajstić information content (AvgIpc) is 3.00. The number of anilines is 1. The highest BCUT2D eigenvalue weighted by molar-refractivity contribution is 6.51. The molecule has 1 aromatic carbocycles. The minimum Gasteiger partial charge on any atom is -0.507 e. The van der Waals surface area contributed by atoms with Crippen molar-refractivity contribution in [1.29, 1.82) is 0 Å². The number of ketones is 1. The first-order valence-electron chi connectivity index (χ1n) is 8.76. The predicted octanol–water partition coefficient (Wildman–Crippen LogP) is 3.41. The maximum atomic E-state index is 12.9. The van der Waals surface area contributed by atoms with Crippen LogP contribution >= 0.6 is 0 Å². The SMILES string of the molecule is Cc1ccc(N2C(=O)C(=O)/C(=C(\O)c3ccncc3)C2c2cccnc2)cc1. The van der Waals surface area contributed by atoms with E-state index in [9.17, 15) is 14.7 Å². The van der Waals surface area contributed by atoms with Gasteiger partial charge in [0.1, 0.15) is 5.76 Å². The van der Waals surface area contributed by atoms with Crippen molar-refractivity contribution in [3.63, 3.8) is 0 Å². The van der Waals surface area contributed by atoms with E-state index in [1.807, 2.05) is 19.1 Å². The summed E-state index contributed by atoms with van der Waals surface area (Å²) in [5, 5.41) is 10.9. The van der Waals surface area contributed by atoms with Crippen LogP contribution < -0.4 is 4.90 Å². The molecule has 28 heavy (non-hydrogen) atoms. The molecule has 138 valence electrons. The van der Waals surface area contributed by atoms with Crippen LogP contribution in [0.2, 0.25) is 0 Å². The van der Waals surface area contributed by atoms with E-state index in [-0.39, 0.29) is 11.3 Å². The van der Waals surface area contributed by atoms with Crippen LogP contribution in [0.3, 0.4) is 0 Å². The molecule has 3 aromatic rings. The fourth-order valence-electron chi connectivity index (χ4n) is 3.32. The molecule has 1 amide bonds. The van der Waals surface area contributed by atoms with Crippen molar-refractivity contribution in [1.82, 2.24) is 9.97 Å². The van der Waals surface area contributed by atoms with Crippen LogP contribution in [-0.4, -0.2) is 26.8 Å². The molecule has 0 saturated carbocycles. The van der Waals surface area contributed by atoms with Crippen LogP contribution in [0.4, 0.5) is 5.69 Å². The van der Waals surface area contributed by atoms with E-state index in [1.165, 1.54) is 17.3 Å². The van der Waals surface area contributed by atoms with Gasteiger partial charge in [0.2, 0.25) is 0 Å². The monoisotopic (exact) mass is 371 g/mol. The van der Waals surface area contributed by atoms with Gasteiger partial charge in [0.25, 0.3) is 11.7 Å². The van der Waals surface area contributed by atoms with Crippen molar-refractivity contribution in [2.75, 3.05) is 4.90 Å². The number of aliphatic hydroxyl groups excluding tert-OH is 1. The quantitative estimate of drug-likeness (QED) is 0.433. The Kier molecular flexibility index (Phi) is 4.45. The third-order valence-electron chi connectivity index (χ3n) is 4.71. The molecule has 1 N–H and O–H groups in total. The number of Topliss-reactive ketones (excluding diaryl/α,β-unsaturated/α-hetero) is 1. The zero-order valence-corrected chi connectivity index (χ0v) is 15.1. The van der Waals surface area contributed by atoms with Crippen LogP contribution in [0.1, 0.15) is 22.7 Å². The van der Waals surface area contributed by atoms with Gasteiger partial charge in [0.05, 0.1) is 11.6 Å². The van der Waals surface area contributed by atoms with Crippen LogP contribution in [0, 0.1) is 6.92 Å². The first-order chi connectivity index (χ1) is 13.6. The Morgan fingerprint density at radius 2 is 1.68 bits per heavy atom. The van der Waals surface area contributed by atoms with E-state index in [4.69, 9.17) is 0 Å². The van der Waals surface area contributed by atoms with Crippen LogP contribution in [0.15, 0.2) is 78.9 Å². The lowest BCUT2D eigenvalue weighted by Crippen LogP contribution is -2.29. The summed E-state index contributed by atoms with van der Waals surface area (Å²) < 4.78 is 0. The summed E-state index contributed by atoms with van der Waals surface area (Å²) in [7, 11) is 0. The Balaban J connectivity index is 1.94. The summed E-state index contributed by atoms with van der Waals surface area (Å²) in [6.45, 7) is 1.94. The van der Waals surface area contributed by atoms with Gasteiger partial charge in [-0.1, -0.05) is 23.8 Å². The third-order valence-corrected chi connectivity index (χ3v) is 4.71. The summed E-state index contributed by atoms with van der Waals surface area (Å²) >= 11 is 0. The molecular weight excluding hydrogens is 354 g/mol. The zero-order chi connectivity index (χ0) is 19.7. The molecular formula is C22H17N3O3. The van der Waals surface area contributed by atoms with Crippen LogP contribution in [0.25, 0.3) is 5.76 Å². The molecule has 3 heterocycles. The van der Waals surface area contributed by atoms with Crippen molar-refractivity contribution in [2.45, 2.75) is 13.0 Å². The minimum absolute atomic E-state index is 0.0322. The van der Waals surface area contributed by atoms with Crippen molar-refractivity contribution in [2.24, 2.45) is 0 Å². The van der Waals surface area contributed by atoms with Crippen molar-refractivity contribution >= 4 is 23.1 Å². The molecule has 6 heteroatoms. The first kappa shape index (κ1) is 17.6. The van der Waals surface area contributed by atoms with Gasteiger partial charge in [-0.05, 0) is 42.8 Å². The number of carbonyl (C=O) groups excluding carboxylic acids is 2. The van der Waals surface area contributed by atoms with Crippen LogP contribution in [0.5, 0.6) is 0 Å². The molecule has 0 radical (unpaired) electrons. The third kappa shape index (κ3) is 2.95. The lowest BCUT2D eigenvalue weighted by atomic mass is 9.96. The summed E-state index contributed by atoms with van der Waals surface area (Å²) in [4.78, 5) is 35.3. The predicted molar refractivity (Wildman–Crippen MR) is 104 cm³/mol. The molecule has 1 atom stereocenters. The highest BCUT2D eigenvalue weighted by Crippen LogP contribution is 2.41. The van der Waals surface area contributed by atoms with Crippen molar-refractivity contribution < 1.29 is 14.7 Å². The smallest absolute Gasteiger partial charge is 0.300 e. The van der Waals surface area contributed by atoms with Crippen LogP contribution in [-0.2, 0) is 9.59 Å². The number of carbonyl (C=O) groups is 2. The summed E-state index contributed by atoms with van der Waals surface area (Å²) in [6, 6.07) is 13.2. The van der Waals surface area contributed by atoms with Crippen molar-refractivity contribution in [3.8, 4) is 0 Å². The molecule has 0 spiro atoms. The largest absolute Gasteiger partial charge is 0.507 e. The highest BCUT2D eigenvalue weighted by atomic mass is 16.3. The molecule has 2 aromatic heterocycles. The topological polar surface area (TPSA) is 83.4 Å². The molecule has 1 unspecified atom stereocenters. The van der Waals surface area contributed by atoms with Gasteiger partial charge in [0, 0.05) is 36.0 Å². The highest BCUT2D eigenvalue weighted by Gasteiger charge is 2.47. The number of pyridine rings is 2. The maximum Gasteiger partial charge on any atom is 0.300 e. The number of rotatable bonds is 3. The fraction of sp³-hybridized carbons (Fsp3) is 0.0909. The van der Waals surface area contributed by atoms with E-state index >= 15 is 0 Å². The Labute approximate surface area is 161 Å². The van der Waals surface area contributed by atoms with E-state index < -0.39 is 17.7 Å². The number of hydrogen-bond acceptors (Lipinski definition) is 5. The standard InChI is InChI=1S/C22H17N3O3/c1-14-4-6-17(7-5-14)25-19(16-3-2-10-24-13-16)18(21(27)22(25)28)20(26)15-8-11-23-12-9-15/h2-13,19,26H,1H3/b20-18-. The summed E-state index contributed by atoms with van der Waals surface area (Å²) in [5.74, 6) is -1.65. The second-order valence-corrected chi connectivity index (χ2v) is 6.53. The number of hydrogen-bond donors (Lipinski definition) is 1. The lowest BCUT2D eigenvalue weighted by Gasteiger charge is -2.25. The number of nitrogens with zero attached hydrogens (tertiary/aromatic N) is 3. The fourth-order valence-corrected chi connectivity index (χ4v) is 3.32. The van der Waals surface area contributed by atoms with E-state index in [0.717, 1.165) is 5.56 Å². The Morgan fingerprint density at radius 3 is 2.32 bits per heavy atom. The minimum atomic E-state index is -0.774. The summed E-state index contributed by atoms with van der Waals surface area (Å²) in [6.07, 6.45) is 6.25. The normalized spacial score (nSPS) is 18.5. The van der Waals surface area contributed by atoms with Gasteiger partial charge in [-0.2, -0.15) is 0 Å². The van der Waals surface area contributed by atoms with Gasteiger partial charge in [-0.25, -0.2) is 0 Å². The average molecular weight is 371 g/mol. The van der Waals surface area contributed by atoms with Gasteiger partial charge in [-0.15, -0.1) is 0 Å². The van der Waals surface area contributed by atoms with Crippen molar-refractivity contribution in [3.05, 3.63) is 95.6 Å². The summed E-state index contributed by atoms with van der Waals surface area (Å²) in [5.41, 5.74) is 2.71. The first-order valence-corrected chi connectivity index (χ1v) is 8.76. The molecule has 4 rings (SSSR count). The van der Waals surface area contributed by atoms with Gasteiger partial charge < -0.3 is 5.11 Å². The molecule has 0 aliphatic carbocycles. The molecule has 1 aliphatic heterocycles. The van der Waals surface area contributed by atoms with Gasteiger partial charge in [0.15, 0.2) is 0 Å². The number of aliphatic hydroxyl groups is 1. The number of amides is 1. The molecule has 1 saturated heterocycles. The molecule has 1 aliphatic rings. The lowest BCUT2D eigenvalue weighted by molar-refractivity contribution is -0.132. The second kappa shape index (κ2) is 7.08. The van der Waals surface area contributed by atoms with Gasteiger partial charge in [-0.3, -0.25) is 24.5 Å². The zero-order valence-electron chi connectivity index (χ0n) is 15.1. The second-order valence-electron chi connectivity index (χ2n) is 6.53. The number of aromatic nitrogens is 2. The number of benzene rings is 1. The van der Waals surface area contributed by atoms with E-state index in [1.54, 1.807) is 48.8 Å². The van der Waals surface area contributed by atoms with E-state index in [0.29, 0.717) is 16.8 Å². The Morgan fingerprint density at radius 1 is 0.964 bits per heavy atom. The molecule has 0 bridgehead atoms. The molecule has 1 fully saturated rings. The Hall–Kier alpha value is -3.80. The maximum absolute atomic E-state index is 12.9. The molecule has 6 nitrogen and oxygen atoms in total. The van der Waals surface area contributed by atoms with Gasteiger partial charge >= 0.3 is 0 Å².